The third-order valence-corrected chi connectivity index (χ3v) is 2.71. The Morgan fingerprint density at radius 2 is 0.833 bits per heavy atom. The Kier molecular flexibility index (Phi) is 47.1. The molecular weight excluding hydrogens is 263 g/mol. The first kappa shape index (κ1) is 27.5. The molecule has 0 rings (SSSR count). The van der Waals surface area contributed by atoms with Crippen LogP contribution in [0.5, 0.6) is 0 Å². The Morgan fingerprint density at radius 3 is 1.06 bits per heavy atom. The Morgan fingerprint density at radius 1 is 0.556 bits per heavy atom. The first-order chi connectivity index (χ1) is 7.83. The zero-order valence-electron chi connectivity index (χ0n) is 13.2. The minimum absolute atomic E-state index is 0. The van der Waals surface area contributed by atoms with Gasteiger partial charge in [-0.1, -0.05) is 78.1 Å². The minimum atomic E-state index is 0. The molecule has 0 fully saturated rings. The topological polar surface area (TPSA) is 0 Å². The standard InChI is InChI=1S/2C8H17.Cu.Li/c2*1-3-5-7-8-6-4-2;;/h2*1,3-8H2,2H3;;/q2*-1;2*+1. The van der Waals surface area contributed by atoms with Crippen LogP contribution < -0.4 is 18.9 Å². The summed E-state index contributed by atoms with van der Waals surface area (Å²) in [7, 11) is 0. The van der Waals surface area contributed by atoms with E-state index in [1.54, 1.807) is 0 Å². The molecule has 0 aliphatic heterocycles. The summed E-state index contributed by atoms with van der Waals surface area (Å²) in [5.41, 5.74) is 0. The van der Waals surface area contributed by atoms with Crippen LogP contribution in [0.25, 0.3) is 0 Å². The third-order valence-electron chi connectivity index (χ3n) is 2.71. The van der Waals surface area contributed by atoms with Gasteiger partial charge in [0.05, 0.1) is 0 Å². The molecule has 0 aromatic carbocycles. The molecule has 0 bridgehead atoms. The van der Waals surface area contributed by atoms with Crippen molar-refractivity contribution in [3.05, 3.63) is 13.8 Å². The van der Waals surface area contributed by atoms with E-state index in [1.807, 2.05) is 0 Å². The van der Waals surface area contributed by atoms with E-state index in [4.69, 9.17) is 0 Å². The molecule has 110 valence electrons. The first-order valence-corrected chi connectivity index (χ1v) is 7.41. The van der Waals surface area contributed by atoms with Crippen molar-refractivity contribution in [2.75, 3.05) is 0 Å². The minimum Gasteiger partial charge on any atom is -0.343 e. The zero-order valence-corrected chi connectivity index (χ0v) is 14.1. The van der Waals surface area contributed by atoms with Gasteiger partial charge in [0.15, 0.2) is 0 Å². The maximum Gasteiger partial charge on any atom is 1.00 e. The quantitative estimate of drug-likeness (QED) is 0.329. The fourth-order valence-electron chi connectivity index (χ4n) is 1.56. The van der Waals surface area contributed by atoms with Gasteiger partial charge in [-0.3, -0.25) is 0 Å². The van der Waals surface area contributed by atoms with Crippen molar-refractivity contribution in [1.29, 1.82) is 0 Å². The summed E-state index contributed by atoms with van der Waals surface area (Å²) >= 11 is 0. The smallest absolute Gasteiger partial charge is 0.343 e. The Bertz CT molecular complexity index is 73.1. The fraction of sp³-hybridized carbons (Fsp3) is 0.875. The van der Waals surface area contributed by atoms with E-state index >= 15 is 0 Å². The summed E-state index contributed by atoms with van der Waals surface area (Å²) in [6.07, 6.45) is 16.0. The van der Waals surface area contributed by atoms with Crippen LogP contribution in [0.3, 0.4) is 0 Å². The number of hydrogen-bond donors (Lipinski definition) is 0. The van der Waals surface area contributed by atoms with Crippen molar-refractivity contribution in [3.8, 4) is 0 Å². The van der Waals surface area contributed by atoms with Gasteiger partial charge in [0.2, 0.25) is 0 Å². The normalized spacial score (nSPS) is 8.67. The first-order valence-electron chi connectivity index (χ1n) is 7.41. The van der Waals surface area contributed by atoms with Crippen LogP contribution in [0.4, 0.5) is 0 Å². The van der Waals surface area contributed by atoms with E-state index in [2.05, 4.69) is 27.7 Å². The van der Waals surface area contributed by atoms with Crippen LogP contribution in [-0.2, 0) is 17.1 Å². The van der Waals surface area contributed by atoms with Gasteiger partial charge in [-0.15, -0.1) is 0 Å². The zero-order chi connectivity index (χ0) is 12.5. The number of rotatable bonds is 10. The number of hydrogen-bond acceptors (Lipinski definition) is 0. The maximum absolute atomic E-state index is 3.78. The second-order valence-corrected chi connectivity index (χ2v) is 4.54. The molecule has 0 radical (unpaired) electrons. The molecular formula is C16H34CuLi. The molecule has 0 aromatic rings. The molecule has 18 heavy (non-hydrogen) atoms. The van der Waals surface area contributed by atoms with Gasteiger partial charge in [-0.2, -0.15) is 12.8 Å². The summed E-state index contributed by atoms with van der Waals surface area (Å²) in [5, 5.41) is 0. The SMILES string of the molecule is [CH2-]CCCCCCC.[CH2-]CCCCCCC.[Cu+].[Li+]. The molecule has 0 N–H and O–H groups in total. The second kappa shape index (κ2) is 30.9. The van der Waals surface area contributed by atoms with Gasteiger partial charge < -0.3 is 13.8 Å². The van der Waals surface area contributed by atoms with Gasteiger partial charge in [-0.25, -0.2) is 0 Å². The van der Waals surface area contributed by atoms with Crippen LogP contribution in [0.2, 0.25) is 0 Å². The molecule has 0 aliphatic rings. The number of unbranched alkanes of at least 4 members (excludes halogenated alkanes) is 10. The summed E-state index contributed by atoms with van der Waals surface area (Å²) in [6.45, 7) is 12.0. The Hall–Kier alpha value is 1.12. The van der Waals surface area contributed by atoms with Gasteiger partial charge >= 0.3 is 35.9 Å². The molecule has 0 unspecified atom stereocenters. The average Bonchev–Trinajstić information content (AvgIpc) is 2.31. The third kappa shape index (κ3) is 36.0. The average molecular weight is 297 g/mol. The van der Waals surface area contributed by atoms with Gasteiger partial charge in [0.25, 0.3) is 0 Å². The van der Waals surface area contributed by atoms with E-state index in [9.17, 15) is 0 Å². The van der Waals surface area contributed by atoms with Crippen molar-refractivity contribution in [3.63, 3.8) is 0 Å². The fourth-order valence-corrected chi connectivity index (χ4v) is 1.56. The maximum atomic E-state index is 3.78. The molecule has 2 heteroatoms. The monoisotopic (exact) mass is 296 g/mol. The van der Waals surface area contributed by atoms with E-state index in [0.717, 1.165) is 12.8 Å². The summed E-state index contributed by atoms with van der Waals surface area (Å²) < 4.78 is 0. The second-order valence-electron chi connectivity index (χ2n) is 4.54. The molecule has 0 atom stereocenters. The summed E-state index contributed by atoms with van der Waals surface area (Å²) in [4.78, 5) is 0. The van der Waals surface area contributed by atoms with Crippen LogP contribution in [0.1, 0.15) is 90.9 Å². The van der Waals surface area contributed by atoms with Crippen molar-refractivity contribution in [2.24, 2.45) is 0 Å². The predicted molar refractivity (Wildman–Crippen MR) is 77.5 cm³/mol. The van der Waals surface area contributed by atoms with E-state index < -0.39 is 0 Å². The van der Waals surface area contributed by atoms with Crippen molar-refractivity contribution in [1.82, 2.24) is 0 Å². The summed E-state index contributed by atoms with van der Waals surface area (Å²) in [6, 6.07) is 0. The molecule has 0 saturated heterocycles. The molecule has 0 saturated carbocycles. The summed E-state index contributed by atoms with van der Waals surface area (Å²) in [5.74, 6) is 0. The van der Waals surface area contributed by atoms with E-state index in [-0.39, 0.29) is 35.9 Å². The van der Waals surface area contributed by atoms with Crippen molar-refractivity contribution in [2.45, 2.75) is 90.9 Å². The molecule has 0 nitrogen and oxygen atoms in total. The van der Waals surface area contributed by atoms with Gasteiger partial charge in [0.1, 0.15) is 0 Å². The molecule has 0 spiro atoms. The van der Waals surface area contributed by atoms with Crippen LogP contribution >= 0.6 is 0 Å². The van der Waals surface area contributed by atoms with Gasteiger partial charge in [-0.05, 0) is 0 Å². The van der Waals surface area contributed by atoms with Crippen LogP contribution in [-0.4, -0.2) is 0 Å². The molecule has 0 heterocycles. The van der Waals surface area contributed by atoms with Gasteiger partial charge in [0, 0.05) is 0 Å². The Balaban J connectivity index is -0.0000000980. The predicted octanol–water partition coefficient (Wildman–Crippen LogP) is 3.36. The molecule has 0 amide bonds. The largest absolute Gasteiger partial charge is 1.00 e. The van der Waals surface area contributed by atoms with Crippen LogP contribution in [0.15, 0.2) is 0 Å². The molecule has 0 aromatic heterocycles. The van der Waals surface area contributed by atoms with Crippen molar-refractivity contribution < 1.29 is 35.9 Å². The van der Waals surface area contributed by atoms with E-state index in [0.29, 0.717) is 0 Å². The van der Waals surface area contributed by atoms with Crippen LogP contribution in [0, 0.1) is 13.8 Å². The van der Waals surface area contributed by atoms with Crippen molar-refractivity contribution >= 4 is 0 Å². The Labute approximate surface area is 140 Å². The molecule has 0 aliphatic carbocycles. The van der Waals surface area contributed by atoms with E-state index in [1.165, 1.54) is 64.2 Å².